The first-order valence-electron chi connectivity index (χ1n) is 5.92. The Morgan fingerprint density at radius 3 is 2.79 bits per heavy atom. The van der Waals surface area contributed by atoms with E-state index in [1.807, 2.05) is 0 Å². The molecule has 2 rings (SSSR count). The van der Waals surface area contributed by atoms with Gasteiger partial charge in [0.1, 0.15) is 12.1 Å². The Labute approximate surface area is 120 Å². The Morgan fingerprint density at radius 2 is 2.16 bits per heavy atom. The molecule has 102 valence electrons. The summed E-state index contributed by atoms with van der Waals surface area (Å²) in [7, 11) is 0. The van der Waals surface area contributed by atoms with Crippen LogP contribution in [0.2, 0.25) is 0 Å². The largest absolute Gasteiger partial charge is 0.308 e. The number of rotatable bonds is 4. The van der Waals surface area contributed by atoms with Crippen LogP contribution in [0.3, 0.4) is 0 Å². The lowest BCUT2D eigenvalue weighted by Gasteiger charge is -2.21. The van der Waals surface area contributed by atoms with Crippen LogP contribution in [-0.4, -0.2) is 14.9 Å². The second kappa shape index (κ2) is 5.98. The topological polar surface area (TPSA) is 37.8 Å². The Balaban J connectivity index is 2.18. The van der Waals surface area contributed by atoms with Gasteiger partial charge in [0.05, 0.1) is 0 Å². The molecule has 1 heterocycles. The van der Waals surface area contributed by atoms with Gasteiger partial charge in [0.15, 0.2) is 4.34 Å². The summed E-state index contributed by atoms with van der Waals surface area (Å²) in [4.78, 5) is 5.15. The van der Waals surface area contributed by atoms with Crippen molar-refractivity contribution in [2.45, 2.75) is 42.1 Å². The van der Waals surface area contributed by atoms with E-state index >= 15 is 0 Å². The summed E-state index contributed by atoms with van der Waals surface area (Å²) in [5, 5.41) is 3.37. The molecule has 1 aromatic carbocycles. The molecule has 0 aliphatic carbocycles. The van der Waals surface area contributed by atoms with Gasteiger partial charge < -0.3 is 5.32 Å². The van der Waals surface area contributed by atoms with Crippen molar-refractivity contribution in [2.75, 3.05) is 0 Å². The molecular formula is C13H16FN3S2. The second-order valence-corrected chi connectivity index (χ2v) is 7.23. The second-order valence-electron chi connectivity index (χ2n) is 5.16. The van der Waals surface area contributed by atoms with Gasteiger partial charge in [-0.15, -0.1) is 0 Å². The summed E-state index contributed by atoms with van der Waals surface area (Å²) in [6.45, 7) is 6.89. The fraction of sp³-hybridized carbons (Fsp3) is 0.385. The number of nitrogens with one attached hydrogen (secondary N) is 1. The number of hydrogen-bond acceptors (Lipinski definition) is 5. The zero-order chi connectivity index (χ0) is 13.9. The fourth-order valence-electron chi connectivity index (χ4n) is 1.45. The van der Waals surface area contributed by atoms with Gasteiger partial charge in [0, 0.05) is 17.0 Å². The van der Waals surface area contributed by atoms with Crippen molar-refractivity contribution < 1.29 is 4.39 Å². The molecule has 0 bridgehead atoms. The minimum atomic E-state index is -0.215. The molecule has 3 nitrogen and oxygen atoms in total. The van der Waals surface area contributed by atoms with Crippen LogP contribution in [0.5, 0.6) is 0 Å². The van der Waals surface area contributed by atoms with Gasteiger partial charge in [-0.3, -0.25) is 0 Å². The molecule has 0 fully saturated rings. The molecule has 0 aliphatic heterocycles. The Bertz CT molecular complexity index is 535. The molecule has 0 amide bonds. The third-order valence-electron chi connectivity index (χ3n) is 2.37. The maximum absolute atomic E-state index is 13.4. The summed E-state index contributed by atoms with van der Waals surface area (Å²) in [5.41, 5.74) is 0.937. The minimum Gasteiger partial charge on any atom is -0.308 e. The van der Waals surface area contributed by atoms with E-state index in [4.69, 9.17) is 0 Å². The van der Waals surface area contributed by atoms with E-state index in [1.54, 1.807) is 12.1 Å². The third kappa shape index (κ3) is 4.56. The average Bonchev–Trinajstić information content (AvgIpc) is 2.81. The first-order valence-corrected chi connectivity index (χ1v) is 7.51. The molecule has 0 unspecified atom stereocenters. The van der Waals surface area contributed by atoms with Gasteiger partial charge in [0.25, 0.3) is 0 Å². The van der Waals surface area contributed by atoms with Crippen molar-refractivity contribution in [1.82, 2.24) is 14.7 Å². The van der Waals surface area contributed by atoms with Gasteiger partial charge in [-0.05, 0) is 56.1 Å². The SMILES string of the molecule is CC(C)(C)NCc1cc(F)ccc1Sc1ncns1. The molecular weight excluding hydrogens is 281 g/mol. The van der Waals surface area contributed by atoms with E-state index < -0.39 is 0 Å². The molecule has 0 saturated heterocycles. The highest BCUT2D eigenvalue weighted by molar-refractivity contribution is 8.01. The molecule has 0 radical (unpaired) electrons. The highest BCUT2D eigenvalue weighted by Gasteiger charge is 2.12. The van der Waals surface area contributed by atoms with Gasteiger partial charge in [0.2, 0.25) is 0 Å². The summed E-state index contributed by atoms with van der Waals surface area (Å²) >= 11 is 2.86. The van der Waals surface area contributed by atoms with E-state index in [1.165, 1.54) is 35.7 Å². The Kier molecular flexibility index (Phi) is 4.54. The van der Waals surface area contributed by atoms with E-state index in [9.17, 15) is 4.39 Å². The van der Waals surface area contributed by atoms with Crippen LogP contribution in [0.15, 0.2) is 33.8 Å². The first-order chi connectivity index (χ1) is 8.94. The molecule has 1 aromatic heterocycles. The van der Waals surface area contributed by atoms with Gasteiger partial charge >= 0.3 is 0 Å². The number of nitrogens with zero attached hydrogens (tertiary/aromatic N) is 2. The molecule has 0 aliphatic rings. The molecule has 6 heteroatoms. The van der Waals surface area contributed by atoms with Crippen LogP contribution in [0.25, 0.3) is 0 Å². The average molecular weight is 297 g/mol. The van der Waals surface area contributed by atoms with Crippen LogP contribution in [0.4, 0.5) is 4.39 Å². The third-order valence-corrected chi connectivity index (χ3v) is 4.20. The van der Waals surface area contributed by atoms with E-state index in [-0.39, 0.29) is 11.4 Å². The fourth-order valence-corrected chi connectivity index (χ4v) is 2.96. The first kappa shape index (κ1) is 14.4. The normalized spacial score (nSPS) is 11.8. The number of hydrogen-bond donors (Lipinski definition) is 1. The summed E-state index contributed by atoms with van der Waals surface area (Å²) in [5.74, 6) is -0.215. The van der Waals surface area contributed by atoms with Crippen molar-refractivity contribution in [3.63, 3.8) is 0 Å². The van der Waals surface area contributed by atoms with Gasteiger partial charge in [-0.25, -0.2) is 9.37 Å². The van der Waals surface area contributed by atoms with Crippen molar-refractivity contribution in [3.05, 3.63) is 35.9 Å². The molecule has 19 heavy (non-hydrogen) atoms. The van der Waals surface area contributed by atoms with Crippen LogP contribution < -0.4 is 5.32 Å². The van der Waals surface area contributed by atoms with E-state index in [0.717, 1.165) is 14.8 Å². The number of halogens is 1. The lowest BCUT2D eigenvalue weighted by Crippen LogP contribution is -2.35. The summed E-state index contributed by atoms with van der Waals surface area (Å²) < 4.78 is 18.2. The standard InChI is InChI=1S/C13H16FN3S2/c1-13(2,3)16-7-9-6-10(14)4-5-11(9)18-12-15-8-17-19-12/h4-6,8,16H,7H2,1-3H3. The molecule has 0 saturated carbocycles. The number of benzene rings is 1. The Morgan fingerprint density at radius 1 is 1.37 bits per heavy atom. The minimum absolute atomic E-state index is 0.00298. The van der Waals surface area contributed by atoms with Crippen LogP contribution in [0.1, 0.15) is 26.3 Å². The molecule has 0 atom stereocenters. The maximum atomic E-state index is 13.4. The molecule has 1 N–H and O–H groups in total. The summed E-state index contributed by atoms with van der Waals surface area (Å²) in [6.07, 6.45) is 1.53. The zero-order valence-electron chi connectivity index (χ0n) is 11.1. The van der Waals surface area contributed by atoms with Crippen LogP contribution in [0, 0.1) is 5.82 Å². The van der Waals surface area contributed by atoms with Crippen molar-refractivity contribution in [2.24, 2.45) is 0 Å². The monoisotopic (exact) mass is 297 g/mol. The highest BCUT2D eigenvalue weighted by Crippen LogP contribution is 2.31. The smallest absolute Gasteiger partial charge is 0.174 e. The lowest BCUT2D eigenvalue weighted by atomic mass is 10.1. The van der Waals surface area contributed by atoms with Gasteiger partial charge in [-0.1, -0.05) is 11.8 Å². The quantitative estimate of drug-likeness (QED) is 0.933. The molecule has 2 aromatic rings. The predicted octanol–water partition coefficient (Wildman–Crippen LogP) is 3.72. The van der Waals surface area contributed by atoms with E-state index in [2.05, 4.69) is 35.4 Å². The van der Waals surface area contributed by atoms with Crippen LogP contribution >= 0.6 is 23.3 Å². The van der Waals surface area contributed by atoms with Crippen molar-refractivity contribution in [3.8, 4) is 0 Å². The van der Waals surface area contributed by atoms with E-state index in [0.29, 0.717) is 6.54 Å². The van der Waals surface area contributed by atoms with Gasteiger partial charge in [-0.2, -0.15) is 4.37 Å². The Hall–Kier alpha value is -0.980. The number of aromatic nitrogens is 2. The lowest BCUT2D eigenvalue weighted by molar-refractivity contribution is 0.422. The molecule has 0 spiro atoms. The zero-order valence-corrected chi connectivity index (χ0v) is 12.7. The predicted molar refractivity (Wildman–Crippen MR) is 77.0 cm³/mol. The maximum Gasteiger partial charge on any atom is 0.174 e. The van der Waals surface area contributed by atoms with Crippen molar-refractivity contribution in [1.29, 1.82) is 0 Å². The summed E-state index contributed by atoms with van der Waals surface area (Å²) in [6, 6.07) is 4.84. The van der Waals surface area contributed by atoms with Crippen molar-refractivity contribution >= 4 is 23.3 Å². The van der Waals surface area contributed by atoms with Crippen LogP contribution in [-0.2, 0) is 6.54 Å². The highest BCUT2D eigenvalue weighted by atomic mass is 32.2.